The summed E-state index contributed by atoms with van der Waals surface area (Å²) in [5, 5.41) is 0. The summed E-state index contributed by atoms with van der Waals surface area (Å²) in [5.74, 6) is 0.961. The second-order valence-corrected chi connectivity index (χ2v) is 5.42. The van der Waals surface area contributed by atoms with Crippen molar-refractivity contribution < 1.29 is 9.53 Å². The highest BCUT2D eigenvalue weighted by Crippen LogP contribution is 2.30. The Kier molecular flexibility index (Phi) is 5.78. The van der Waals surface area contributed by atoms with Gasteiger partial charge in [-0.2, -0.15) is 0 Å². The van der Waals surface area contributed by atoms with Gasteiger partial charge in [-0.3, -0.25) is 9.69 Å². The number of ether oxygens (including phenoxy) is 1. The Hall–Kier alpha value is -2.07. The van der Waals surface area contributed by atoms with Crippen LogP contribution in [0.2, 0.25) is 0 Å². The van der Waals surface area contributed by atoms with Crippen LogP contribution >= 0.6 is 0 Å². The number of hydrogen-bond acceptors (Lipinski definition) is 3. The van der Waals surface area contributed by atoms with Crippen molar-refractivity contribution in [3.63, 3.8) is 0 Å². The molecule has 1 heterocycles. The number of amides is 1. The predicted octanol–water partition coefficient (Wildman–Crippen LogP) is 2.65. The normalized spacial score (nSPS) is 13.6. The summed E-state index contributed by atoms with van der Waals surface area (Å²) in [5.41, 5.74) is 2.19. The Balaban J connectivity index is 2.14. The van der Waals surface area contributed by atoms with Gasteiger partial charge >= 0.3 is 0 Å². The highest BCUT2D eigenvalue weighted by molar-refractivity contribution is 5.96. The average molecular weight is 300 g/mol. The van der Waals surface area contributed by atoms with Gasteiger partial charge < -0.3 is 9.64 Å². The van der Waals surface area contributed by atoms with Gasteiger partial charge in [0.15, 0.2) is 0 Å². The third-order valence-electron chi connectivity index (χ3n) is 3.84. The molecule has 1 aliphatic rings. The van der Waals surface area contributed by atoms with E-state index in [9.17, 15) is 4.79 Å². The number of carbonyl (C=O) groups excluding carboxylic acids is 1. The number of carbonyl (C=O) groups is 1. The summed E-state index contributed by atoms with van der Waals surface area (Å²) in [7, 11) is 1.66. The number of methoxy groups -OCH3 is 1. The predicted molar refractivity (Wildman–Crippen MR) is 90.5 cm³/mol. The van der Waals surface area contributed by atoms with Gasteiger partial charge in [-0.05, 0) is 36.6 Å². The molecule has 1 aliphatic heterocycles. The maximum Gasteiger partial charge on any atom is 0.241 e. The third kappa shape index (κ3) is 3.77. The molecule has 2 rings (SSSR count). The first-order valence-electron chi connectivity index (χ1n) is 7.61. The van der Waals surface area contributed by atoms with Crippen molar-refractivity contribution in [1.29, 1.82) is 0 Å². The zero-order valence-corrected chi connectivity index (χ0v) is 13.3. The van der Waals surface area contributed by atoms with Gasteiger partial charge in [-0.1, -0.05) is 12.2 Å². The summed E-state index contributed by atoms with van der Waals surface area (Å²) in [6.45, 7) is 10.00. The van der Waals surface area contributed by atoms with Crippen LogP contribution < -0.4 is 9.64 Å². The van der Waals surface area contributed by atoms with Crippen LogP contribution in [0.15, 0.2) is 43.5 Å². The van der Waals surface area contributed by atoms with E-state index < -0.39 is 0 Å². The van der Waals surface area contributed by atoms with E-state index in [0.29, 0.717) is 19.6 Å². The highest BCUT2D eigenvalue weighted by Gasteiger charge is 2.23. The van der Waals surface area contributed by atoms with Crippen LogP contribution in [0.3, 0.4) is 0 Å². The molecule has 4 heteroatoms. The summed E-state index contributed by atoms with van der Waals surface area (Å²) in [4.78, 5) is 16.6. The summed E-state index contributed by atoms with van der Waals surface area (Å²) < 4.78 is 5.27. The number of fused-ring (bicyclic) bond motifs is 1. The van der Waals surface area contributed by atoms with Gasteiger partial charge in [0.25, 0.3) is 0 Å². The lowest BCUT2D eigenvalue weighted by atomic mass is 10.0. The quantitative estimate of drug-likeness (QED) is 0.726. The molecule has 0 unspecified atom stereocenters. The first-order valence-corrected chi connectivity index (χ1v) is 7.61. The average Bonchev–Trinajstić information content (AvgIpc) is 2.54. The fourth-order valence-corrected chi connectivity index (χ4v) is 2.80. The van der Waals surface area contributed by atoms with Gasteiger partial charge in [0.2, 0.25) is 5.91 Å². The number of anilines is 1. The second-order valence-electron chi connectivity index (χ2n) is 5.42. The molecular weight excluding hydrogens is 276 g/mol. The molecule has 0 saturated carbocycles. The minimum absolute atomic E-state index is 0.120. The zero-order valence-electron chi connectivity index (χ0n) is 13.3. The van der Waals surface area contributed by atoms with E-state index in [4.69, 9.17) is 4.74 Å². The fourth-order valence-electron chi connectivity index (χ4n) is 2.80. The smallest absolute Gasteiger partial charge is 0.241 e. The van der Waals surface area contributed by atoms with Crippen molar-refractivity contribution in [1.82, 2.24) is 4.90 Å². The van der Waals surface area contributed by atoms with Crippen molar-refractivity contribution in [2.45, 2.75) is 12.8 Å². The van der Waals surface area contributed by atoms with Crippen molar-refractivity contribution >= 4 is 11.6 Å². The third-order valence-corrected chi connectivity index (χ3v) is 3.84. The molecule has 0 bridgehead atoms. The van der Waals surface area contributed by atoms with Crippen molar-refractivity contribution in [3.05, 3.63) is 49.1 Å². The number of nitrogens with zero attached hydrogens (tertiary/aromatic N) is 2. The fraction of sp³-hybridized carbons (Fsp3) is 0.389. The monoisotopic (exact) mass is 300 g/mol. The van der Waals surface area contributed by atoms with Crippen molar-refractivity contribution in [2.24, 2.45) is 0 Å². The van der Waals surface area contributed by atoms with Crippen LogP contribution in [0.5, 0.6) is 5.75 Å². The molecule has 0 radical (unpaired) electrons. The Morgan fingerprint density at radius 3 is 2.73 bits per heavy atom. The maximum atomic E-state index is 12.7. The van der Waals surface area contributed by atoms with E-state index in [2.05, 4.69) is 13.2 Å². The van der Waals surface area contributed by atoms with E-state index in [1.807, 2.05) is 40.2 Å². The summed E-state index contributed by atoms with van der Waals surface area (Å²) in [6, 6.07) is 5.92. The summed E-state index contributed by atoms with van der Waals surface area (Å²) in [6.07, 6.45) is 5.59. The molecule has 0 aromatic heterocycles. The molecule has 0 saturated heterocycles. The number of rotatable bonds is 7. The standard InChI is InChI=1S/C18H24N2O2/c1-4-10-19(11-5-2)14-18(21)20-12-6-7-15-13-16(22-3)8-9-17(15)20/h4-5,8-9,13H,1-2,6-7,10-12,14H2,3H3. The van der Waals surface area contributed by atoms with E-state index >= 15 is 0 Å². The first kappa shape index (κ1) is 16.3. The van der Waals surface area contributed by atoms with Crippen LogP contribution in [0.4, 0.5) is 5.69 Å². The van der Waals surface area contributed by atoms with Crippen LogP contribution in [0, 0.1) is 0 Å². The largest absolute Gasteiger partial charge is 0.497 e. The molecule has 22 heavy (non-hydrogen) atoms. The van der Waals surface area contributed by atoms with Gasteiger partial charge in [0.05, 0.1) is 13.7 Å². The number of hydrogen-bond donors (Lipinski definition) is 0. The molecule has 118 valence electrons. The topological polar surface area (TPSA) is 32.8 Å². The number of aryl methyl sites for hydroxylation is 1. The molecule has 1 amide bonds. The molecule has 0 atom stereocenters. The lowest BCUT2D eigenvalue weighted by Crippen LogP contribution is -2.43. The van der Waals surface area contributed by atoms with Gasteiger partial charge in [0, 0.05) is 25.3 Å². The lowest BCUT2D eigenvalue weighted by Gasteiger charge is -2.31. The molecule has 1 aromatic carbocycles. The minimum atomic E-state index is 0.120. The van der Waals surface area contributed by atoms with Crippen LogP contribution in [-0.4, -0.2) is 44.1 Å². The molecule has 4 nitrogen and oxygen atoms in total. The molecule has 0 spiro atoms. The van der Waals surface area contributed by atoms with Crippen LogP contribution in [0.1, 0.15) is 12.0 Å². The Bertz CT molecular complexity index is 544. The maximum absolute atomic E-state index is 12.7. The van der Waals surface area contributed by atoms with E-state index in [1.54, 1.807) is 7.11 Å². The Labute approximate surface area is 132 Å². The molecule has 0 fully saturated rings. The summed E-state index contributed by atoms with van der Waals surface area (Å²) >= 11 is 0. The van der Waals surface area contributed by atoms with Crippen LogP contribution in [-0.2, 0) is 11.2 Å². The van der Waals surface area contributed by atoms with Crippen molar-refractivity contribution in [3.8, 4) is 5.75 Å². The SMILES string of the molecule is C=CCN(CC=C)CC(=O)N1CCCc2cc(OC)ccc21. The molecular formula is C18H24N2O2. The van der Waals surface area contributed by atoms with Gasteiger partial charge in [-0.25, -0.2) is 0 Å². The number of benzene rings is 1. The van der Waals surface area contributed by atoms with Gasteiger partial charge in [-0.15, -0.1) is 13.2 Å². The molecule has 0 aliphatic carbocycles. The first-order chi connectivity index (χ1) is 10.7. The van der Waals surface area contributed by atoms with Crippen molar-refractivity contribution in [2.75, 3.05) is 38.2 Å². The lowest BCUT2D eigenvalue weighted by molar-refractivity contribution is -0.119. The highest BCUT2D eigenvalue weighted by atomic mass is 16.5. The Morgan fingerprint density at radius 1 is 1.36 bits per heavy atom. The van der Waals surface area contributed by atoms with Crippen LogP contribution in [0.25, 0.3) is 0 Å². The second kappa shape index (κ2) is 7.80. The van der Waals surface area contributed by atoms with E-state index in [0.717, 1.165) is 30.8 Å². The molecule has 0 N–H and O–H groups in total. The zero-order chi connectivity index (χ0) is 15.9. The molecule has 1 aromatic rings. The Morgan fingerprint density at radius 2 is 2.09 bits per heavy atom. The minimum Gasteiger partial charge on any atom is -0.497 e. The van der Waals surface area contributed by atoms with Gasteiger partial charge in [0.1, 0.15) is 5.75 Å². The van der Waals surface area contributed by atoms with E-state index in [-0.39, 0.29) is 5.91 Å². The van der Waals surface area contributed by atoms with E-state index in [1.165, 1.54) is 5.56 Å².